The van der Waals surface area contributed by atoms with Crippen molar-refractivity contribution in [1.82, 2.24) is 0 Å². The lowest BCUT2D eigenvalue weighted by Gasteiger charge is -2.06. The Hall–Kier alpha value is -1.12. The lowest BCUT2D eigenvalue weighted by Crippen LogP contribution is -2.01. The second-order valence-electron chi connectivity index (χ2n) is 4.04. The number of hydrogen-bond acceptors (Lipinski definition) is 2. The van der Waals surface area contributed by atoms with Gasteiger partial charge in [-0.15, -0.1) is 0 Å². The van der Waals surface area contributed by atoms with Gasteiger partial charge in [0.1, 0.15) is 0 Å². The van der Waals surface area contributed by atoms with Gasteiger partial charge in [0.05, 0.1) is 6.61 Å². The number of ether oxygens (including phenoxy) is 1. The van der Waals surface area contributed by atoms with Gasteiger partial charge in [-0.25, -0.2) is 0 Å². The standard InChI is InChI=1S/C14H21NO/c1-12-5-7-13(8-6-12)10-14(11-16-2)4-3-9-15/h5-8,10H,3-4,9,11,15H2,1-2H3/b14-10+. The zero-order chi connectivity index (χ0) is 11.8. The number of rotatable bonds is 6. The average Bonchev–Trinajstić information content (AvgIpc) is 2.29. The highest BCUT2D eigenvalue weighted by molar-refractivity contribution is 5.53. The van der Waals surface area contributed by atoms with Crippen molar-refractivity contribution in [3.63, 3.8) is 0 Å². The molecule has 0 radical (unpaired) electrons. The zero-order valence-corrected chi connectivity index (χ0v) is 10.2. The van der Waals surface area contributed by atoms with Gasteiger partial charge in [0.2, 0.25) is 0 Å². The van der Waals surface area contributed by atoms with Gasteiger partial charge in [0, 0.05) is 7.11 Å². The van der Waals surface area contributed by atoms with Crippen molar-refractivity contribution in [3.8, 4) is 0 Å². The molecule has 0 amide bonds. The molecule has 2 heteroatoms. The minimum absolute atomic E-state index is 0.688. The lowest BCUT2D eigenvalue weighted by atomic mass is 10.1. The Labute approximate surface area is 98.1 Å². The molecule has 88 valence electrons. The molecule has 0 saturated heterocycles. The fourth-order valence-corrected chi connectivity index (χ4v) is 1.60. The van der Waals surface area contributed by atoms with Gasteiger partial charge in [-0.1, -0.05) is 35.9 Å². The highest BCUT2D eigenvalue weighted by Gasteiger charge is 1.97. The molecule has 0 unspecified atom stereocenters. The molecule has 0 bridgehead atoms. The smallest absolute Gasteiger partial charge is 0.0676 e. The Bertz CT molecular complexity index is 327. The van der Waals surface area contributed by atoms with Crippen molar-refractivity contribution in [1.29, 1.82) is 0 Å². The maximum Gasteiger partial charge on any atom is 0.0676 e. The first-order valence-corrected chi connectivity index (χ1v) is 5.71. The summed E-state index contributed by atoms with van der Waals surface area (Å²) in [6.07, 6.45) is 4.22. The number of aryl methyl sites for hydroxylation is 1. The number of nitrogens with two attached hydrogens (primary N) is 1. The van der Waals surface area contributed by atoms with Gasteiger partial charge in [0.15, 0.2) is 0 Å². The maximum atomic E-state index is 5.52. The Morgan fingerprint density at radius 2 is 2.00 bits per heavy atom. The van der Waals surface area contributed by atoms with E-state index in [1.165, 1.54) is 16.7 Å². The first-order chi connectivity index (χ1) is 7.76. The molecule has 0 saturated carbocycles. The molecule has 2 nitrogen and oxygen atoms in total. The van der Waals surface area contributed by atoms with Gasteiger partial charge < -0.3 is 10.5 Å². The van der Waals surface area contributed by atoms with Crippen LogP contribution in [0.1, 0.15) is 24.0 Å². The molecule has 0 aliphatic heterocycles. The summed E-state index contributed by atoms with van der Waals surface area (Å²) in [7, 11) is 1.73. The van der Waals surface area contributed by atoms with Crippen LogP contribution in [0.2, 0.25) is 0 Å². The Morgan fingerprint density at radius 1 is 1.31 bits per heavy atom. The highest BCUT2D eigenvalue weighted by Crippen LogP contribution is 2.12. The van der Waals surface area contributed by atoms with Crippen molar-refractivity contribution >= 4 is 6.08 Å². The average molecular weight is 219 g/mol. The molecule has 1 aromatic carbocycles. The van der Waals surface area contributed by atoms with Crippen molar-refractivity contribution < 1.29 is 4.74 Å². The Balaban J connectivity index is 2.71. The third-order valence-corrected chi connectivity index (χ3v) is 2.48. The summed E-state index contributed by atoms with van der Waals surface area (Å²) >= 11 is 0. The molecule has 1 aromatic rings. The number of methoxy groups -OCH3 is 1. The predicted octanol–water partition coefficient (Wildman–Crippen LogP) is 2.76. The first kappa shape index (κ1) is 12.9. The SMILES string of the molecule is COC/C(=C/c1ccc(C)cc1)CCCN. The van der Waals surface area contributed by atoms with Crippen LogP contribution in [0.3, 0.4) is 0 Å². The van der Waals surface area contributed by atoms with E-state index in [2.05, 4.69) is 37.3 Å². The van der Waals surface area contributed by atoms with E-state index in [4.69, 9.17) is 10.5 Å². The van der Waals surface area contributed by atoms with E-state index in [0.29, 0.717) is 6.61 Å². The normalized spacial score (nSPS) is 11.8. The van der Waals surface area contributed by atoms with Crippen LogP contribution < -0.4 is 5.73 Å². The zero-order valence-electron chi connectivity index (χ0n) is 10.2. The molecule has 0 heterocycles. The molecule has 1 rings (SSSR count). The van der Waals surface area contributed by atoms with Crippen molar-refractivity contribution in [3.05, 3.63) is 41.0 Å². The molecule has 0 aromatic heterocycles. The molecular formula is C14H21NO. The van der Waals surface area contributed by atoms with E-state index >= 15 is 0 Å². The molecule has 0 fully saturated rings. The van der Waals surface area contributed by atoms with Crippen LogP contribution in [-0.4, -0.2) is 20.3 Å². The van der Waals surface area contributed by atoms with Crippen LogP contribution in [-0.2, 0) is 4.74 Å². The van der Waals surface area contributed by atoms with Gasteiger partial charge in [0.25, 0.3) is 0 Å². The fourth-order valence-electron chi connectivity index (χ4n) is 1.60. The van der Waals surface area contributed by atoms with Gasteiger partial charge in [-0.3, -0.25) is 0 Å². The third-order valence-electron chi connectivity index (χ3n) is 2.48. The van der Waals surface area contributed by atoms with Crippen LogP contribution >= 0.6 is 0 Å². The third kappa shape index (κ3) is 4.60. The Morgan fingerprint density at radius 3 is 2.56 bits per heavy atom. The highest BCUT2D eigenvalue weighted by atomic mass is 16.5. The molecule has 0 aliphatic rings. The summed E-state index contributed by atoms with van der Waals surface area (Å²) < 4.78 is 5.19. The second kappa shape index (κ2) is 7.20. The number of benzene rings is 1. The first-order valence-electron chi connectivity index (χ1n) is 5.71. The largest absolute Gasteiger partial charge is 0.380 e. The summed E-state index contributed by atoms with van der Waals surface area (Å²) in [4.78, 5) is 0. The van der Waals surface area contributed by atoms with Crippen LogP contribution in [0.4, 0.5) is 0 Å². The molecule has 2 N–H and O–H groups in total. The quantitative estimate of drug-likeness (QED) is 0.798. The van der Waals surface area contributed by atoms with Crippen LogP contribution in [0.5, 0.6) is 0 Å². The van der Waals surface area contributed by atoms with E-state index in [1.54, 1.807) is 7.11 Å². The molecule has 0 atom stereocenters. The summed E-state index contributed by atoms with van der Waals surface area (Å²) in [6, 6.07) is 8.51. The van der Waals surface area contributed by atoms with E-state index in [9.17, 15) is 0 Å². The van der Waals surface area contributed by atoms with Gasteiger partial charge in [-0.2, -0.15) is 0 Å². The monoisotopic (exact) mass is 219 g/mol. The van der Waals surface area contributed by atoms with E-state index in [1.807, 2.05) is 0 Å². The maximum absolute atomic E-state index is 5.52. The molecular weight excluding hydrogens is 198 g/mol. The summed E-state index contributed by atoms with van der Waals surface area (Å²) in [6.45, 7) is 3.51. The van der Waals surface area contributed by atoms with Gasteiger partial charge in [-0.05, 0) is 37.4 Å². The minimum atomic E-state index is 0.688. The summed E-state index contributed by atoms with van der Waals surface area (Å²) in [5.41, 5.74) is 9.34. The fraction of sp³-hybridized carbons (Fsp3) is 0.429. The summed E-state index contributed by atoms with van der Waals surface area (Å²) in [5, 5.41) is 0. The van der Waals surface area contributed by atoms with Crippen LogP contribution in [0.25, 0.3) is 6.08 Å². The van der Waals surface area contributed by atoms with Crippen molar-refractivity contribution in [2.75, 3.05) is 20.3 Å². The Kier molecular flexibility index (Phi) is 5.83. The van der Waals surface area contributed by atoms with E-state index in [-0.39, 0.29) is 0 Å². The second-order valence-corrected chi connectivity index (χ2v) is 4.04. The lowest BCUT2D eigenvalue weighted by molar-refractivity contribution is 0.223. The van der Waals surface area contributed by atoms with Crippen molar-refractivity contribution in [2.45, 2.75) is 19.8 Å². The van der Waals surface area contributed by atoms with E-state index < -0.39 is 0 Å². The minimum Gasteiger partial charge on any atom is -0.380 e. The summed E-state index contributed by atoms with van der Waals surface area (Å²) in [5.74, 6) is 0. The molecule has 0 aliphatic carbocycles. The van der Waals surface area contributed by atoms with Crippen molar-refractivity contribution in [2.24, 2.45) is 5.73 Å². The van der Waals surface area contributed by atoms with Gasteiger partial charge >= 0.3 is 0 Å². The predicted molar refractivity (Wildman–Crippen MR) is 69.3 cm³/mol. The van der Waals surface area contributed by atoms with Crippen LogP contribution in [0, 0.1) is 6.92 Å². The van der Waals surface area contributed by atoms with Crippen LogP contribution in [0.15, 0.2) is 29.8 Å². The molecule has 16 heavy (non-hydrogen) atoms. The number of hydrogen-bond donors (Lipinski definition) is 1. The van der Waals surface area contributed by atoms with E-state index in [0.717, 1.165) is 19.4 Å². The topological polar surface area (TPSA) is 35.2 Å². The molecule has 0 spiro atoms.